The zero-order chi connectivity index (χ0) is 32.4. The van der Waals surface area contributed by atoms with Crippen LogP contribution in [0.5, 0.6) is 5.75 Å². The number of hydrazone groups is 1. The highest BCUT2D eigenvalue weighted by Crippen LogP contribution is 2.18. The van der Waals surface area contributed by atoms with Crippen LogP contribution >= 0.6 is 0 Å². The number of hydrogen-bond donors (Lipinski definition) is 4. The van der Waals surface area contributed by atoms with E-state index in [1.54, 1.807) is 19.1 Å². The van der Waals surface area contributed by atoms with Crippen LogP contribution < -0.4 is 15.9 Å². The largest absolute Gasteiger partial charge is 0.497 e. The third-order valence-electron chi connectivity index (χ3n) is 6.31. The van der Waals surface area contributed by atoms with E-state index in [1.165, 1.54) is 43.5 Å². The number of esters is 2. The third kappa shape index (κ3) is 8.89. The number of benzene rings is 3. The highest BCUT2D eigenvalue weighted by molar-refractivity contribution is 6.05. The van der Waals surface area contributed by atoms with E-state index in [-0.39, 0.29) is 23.0 Å². The quantitative estimate of drug-likeness (QED) is 0.206. The number of carboxylic acid groups (broad SMARTS) is 2. The zero-order valence-corrected chi connectivity index (χ0v) is 24.1. The van der Waals surface area contributed by atoms with Gasteiger partial charge in [-0.05, 0) is 61.0 Å². The van der Waals surface area contributed by atoms with Crippen LogP contribution in [-0.2, 0) is 23.9 Å². The van der Waals surface area contributed by atoms with Crippen molar-refractivity contribution in [2.75, 3.05) is 12.8 Å². The average molecular weight is 606 g/mol. The minimum Gasteiger partial charge on any atom is -0.497 e. The van der Waals surface area contributed by atoms with Gasteiger partial charge in [0.05, 0.1) is 23.9 Å². The predicted molar refractivity (Wildman–Crippen MR) is 157 cm³/mol. The summed E-state index contributed by atoms with van der Waals surface area (Å²) >= 11 is 0. The van der Waals surface area contributed by atoms with E-state index in [0.29, 0.717) is 12.2 Å². The first-order valence-electron chi connectivity index (χ1n) is 13.2. The summed E-state index contributed by atoms with van der Waals surface area (Å²) in [6, 6.07) is 19.0. The second-order valence-electron chi connectivity index (χ2n) is 9.68. The molecule has 0 saturated heterocycles. The fourth-order valence-electron chi connectivity index (χ4n) is 3.92. The maximum absolute atomic E-state index is 12.2. The van der Waals surface area contributed by atoms with Crippen molar-refractivity contribution >= 4 is 41.2 Å². The number of methoxy groups -OCH3 is 1. The van der Waals surface area contributed by atoms with Crippen LogP contribution in [0, 0.1) is 12.8 Å². The Kier molecular flexibility index (Phi) is 11.1. The lowest BCUT2D eigenvalue weighted by molar-refractivity contribution is -0.166. The fraction of sp³-hybridized carbons (Fsp3) is 0.226. The third-order valence-corrected chi connectivity index (χ3v) is 6.31. The number of carboxylic acids is 2. The molecule has 4 rings (SSSR count). The van der Waals surface area contributed by atoms with Crippen LogP contribution in [0.1, 0.15) is 45.2 Å². The van der Waals surface area contributed by atoms with Gasteiger partial charge in [-0.1, -0.05) is 36.8 Å². The smallest absolute Gasteiger partial charge is 0.349 e. The molecule has 0 bridgehead atoms. The van der Waals surface area contributed by atoms with Gasteiger partial charge in [0.25, 0.3) is 0 Å². The lowest BCUT2D eigenvalue weighted by Gasteiger charge is -2.21. The maximum Gasteiger partial charge on any atom is 0.349 e. The van der Waals surface area contributed by atoms with Crippen molar-refractivity contribution in [3.63, 3.8) is 0 Å². The van der Waals surface area contributed by atoms with Crippen LogP contribution in [-0.4, -0.2) is 65.0 Å². The van der Waals surface area contributed by atoms with Gasteiger partial charge < -0.3 is 30.2 Å². The maximum atomic E-state index is 12.2. The van der Waals surface area contributed by atoms with E-state index in [4.69, 9.17) is 19.9 Å². The van der Waals surface area contributed by atoms with E-state index in [0.717, 1.165) is 22.5 Å². The molecule has 1 heterocycles. The number of nitrogens with two attached hydrogens (primary N) is 1. The molecule has 1 unspecified atom stereocenters. The Bertz CT molecular complexity index is 1530. The van der Waals surface area contributed by atoms with Gasteiger partial charge in [-0.15, -0.1) is 0 Å². The molecule has 3 aromatic rings. The standard InChI is InChI=1S/C20H18O9.C11H13N3O/c1-11-3-5-12(6-4-11)19(25)28-15(17(21)22)16(18(23)24)29-20(26)13-7-9-14(27-2)10-8-13;1-7-6-10(15)13-14-11(7)8-2-4-9(12)5-3-8/h3-10,15-16H,1-2H3,(H,21,22)(H,23,24);2-5,7H,6,12H2,1H3,(H,13,15)/t15?,16-;7-/m01/s1. The Labute approximate surface area is 252 Å². The first-order chi connectivity index (χ1) is 20.9. The van der Waals surface area contributed by atoms with Crippen molar-refractivity contribution in [2.45, 2.75) is 32.5 Å². The molecule has 3 aromatic carbocycles. The number of nitrogens with zero attached hydrogens (tertiary/aromatic N) is 1. The number of amides is 1. The Morgan fingerprint density at radius 2 is 1.32 bits per heavy atom. The van der Waals surface area contributed by atoms with Crippen LogP contribution in [0.25, 0.3) is 0 Å². The van der Waals surface area contributed by atoms with Crippen LogP contribution in [0.15, 0.2) is 77.9 Å². The minimum atomic E-state index is -2.25. The molecule has 0 saturated carbocycles. The summed E-state index contributed by atoms with van der Waals surface area (Å²) in [7, 11) is 1.42. The molecule has 0 aromatic heterocycles. The van der Waals surface area contributed by atoms with E-state index < -0.39 is 36.1 Å². The molecule has 13 nitrogen and oxygen atoms in total. The number of aliphatic carboxylic acids is 2. The van der Waals surface area contributed by atoms with E-state index >= 15 is 0 Å². The number of carbonyl (C=O) groups excluding carboxylic acids is 3. The number of ether oxygens (including phenoxy) is 3. The summed E-state index contributed by atoms with van der Waals surface area (Å²) in [5.41, 5.74) is 11.6. The number of nitrogens with one attached hydrogen (secondary N) is 1. The average Bonchev–Trinajstić information content (AvgIpc) is 2.99. The molecule has 230 valence electrons. The van der Waals surface area contributed by atoms with Crippen LogP contribution in [0.2, 0.25) is 0 Å². The second kappa shape index (κ2) is 15.0. The molecule has 13 heteroatoms. The summed E-state index contributed by atoms with van der Waals surface area (Å²) in [5, 5.41) is 22.7. The highest BCUT2D eigenvalue weighted by Gasteiger charge is 2.41. The van der Waals surface area contributed by atoms with E-state index in [1.807, 2.05) is 31.2 Å². The lowest BCUT2D eigenvalue weighted by atomic mass is 9.94. The van der Waals surface area contributed by atoms with Crippen molar-refractivity contribution < 1.29 is 48.4 Å². The monoisotopic (exact) mass is 605 g/mol. The predicted octanol–water partition coefficient (Wildman–Crippen LogP) is 3.05. The Morgan fingerprint density at radius 1 is 0.841 bits per heavy atom. The van der Waals surface area contributed by atoms with Crippen molar-refractivity contribution in [1.82, 2.24) is 5.43 Å². The molecule has 0 aliphatic carbocycles. The molecule has 0 radical (unpaired) electrons. The molecular formula is C31H31N3O10. The molecule has 0 fully saturated rings. The number of nitrogen functional groups attached to an aromatic ring is 1. The minimum absolute atomic E-state index is 0.0208. The summed E-state index contributed by atoms with van der Waals surface area (Å²) in [6.07, 6.45) is -4.01. The molecule has 1 aliphatic heterocycles. The second-order valence-corrected chi connectivity index (χ2v) is 9.68. The topological polar surface area (TPSA) is 204 Å². The van der Waals surface area contributed by atoms with Crippen molar-refractivity contribution in [3.05, 3.63) is 95.1 Å². The number of hydrogen-bond acceptors (Lipinski definition) is 10. The van der Waals surface area contributed by atoms with E-state index in [9.17, 15) is 34.2 Å². The summed E-state index contributed by atoms with van der Waals surface area (Å²) < 4.78 is 14.6. The van der Waals surface area contributed by atoms with Gasteiger partial charge in [0.1, 0.15) is 5.75 Å². The first-order valence-corrected chi connectivity index (χ1v) is 13.2. The number of carbonyl (C=O) groups is 5. The molecule has 0 spiro atoms. The van der Waals surface area contributed by atoms with Crippen molar-refractivity contribution in [2.24, 2.45) is 11.0 Å². The molecule has 5 N–H and O–H groups in total. The van der Waals surface area contributed by atoms with Crippen molar-refractivity contribution in [1.29, 1.82) is 0 Å². The molecule has 3 atom stereocenters. The Hall–Kier alpha value is -5.72. The molecule has 1 amide bonds. The first kappa shape index (κ1) is 32.8. The highest BCUT2D eigenvalue weighted by atomic mass is 16.6. The van der Waals surface area contributed by atoms with Gasteiger partial charge in [-0.2, -0.15) is 5.10 Å². The number of aryl methyl sites for hydroxylation is 1. The van der Waals surface area contributed by atoms with E-state index in [2.05, 4.69) is 10.5 Å². The SMILES string of the molecule is COc1ccc(C(=O)O[C@H](C(=O)O)C(OC(=O)c2ccc(C)cc2)C(=O)O)cc1.C[C@@H]1CC(=O)NN=C1c1ccc(N)cc1. The Morgan fingerprint density at radius 3 is 1.75 bits per heavy atom. The summed E-state index contributed by atoms with van der Waals surface area (Å²) in [4.78, 5) is 58.5. The normalized spacial score (nSPS) is 15.2. The van der Waals surface area contributed by atoms with Gasteiger partial charge in [-0.25, -0.2) is 24.6 Å². The fourth-order valence-corrected chi connectivity index (χ4v) is 3.92. The van der Waals surface area contributed by atoms with Gasteiger partial charge >= 0.3 is 23.9 Å². The number of anilines is 1. The summed E-state index contributed by atoms with van der Waals surface area (Å²) in [6.45, 7) is 3.78. The Balaban J connectivity index is 0.000000293. The molecule has 44 heavy (non-hydrogen) atoms. The molecular weight excluding hydrogens is 574 g/mol. The van der Waals surface area contributed by atoms with Gasteiger partial charge in [0, 0.05) is 18.0 Å². The van der Waals surface area contributed by atoms with Gasteiger partial charge in [-0.3, -0.25) is 4.79 Å². The van der Waals surface area contributed by atoms with Crippen molar-refractivity contribution in [3.8, 4) is 5.75 Å². The zero-order valence-electron chi connectivity index (χ0n) is 24.1. The lowest BCUT2D eigenvalue weighted by Crippen LogP contribution is -2.45. The molecule has 1 aliphatic rings. The van der Waals surface area contributed by atoms with Gasteiger partial charge in [0.2, 0.25) is 18.1 Å². The number of rotatable bonds is 9. The van der Waals surface area contributed by atoms with Gasteiger partial charge in [0.15, 0.2) is 0 Å². The van der Waals surface area contributed by atoms with Crippen LogP contribution in [0.4, 0.5) is 5.69 Å². The van der Waals surface area contributed by atoms with Crippen LogP contribution in [0.3, 0.4) is 0 Å². The summed E-state index contributed by atoms with van der Waals surface area (Å²) in [5.74, 6) is -5.14.